The first-order valence-electron chi connectivity index (χ1n) is 9.68. The standard InChI is InChI=1S/C24H22N2O5/c1-14-7-6-8-15(13-14)26-22(25-18-10-5-4-9-16(18)23(26)27)17-11-12-19(30-2)21(31-3)20(17)24(28)29/h4-13,22,25H,1-3H3,(H,28,29)/p-1/t22-/m1/s1. The smallest absolute Gasteiger partial charge is 0.262 e. The molecule has 4 rings (SSSR count). The summed E-state index contributed by atoms with van der Waals surface area (Å²) in [4.78, 5) is 27.2. The van der Waals surface area contributed by atoms with Crippen LogP contribution in [0.2, 0.25) is 0 Å². The Morgan fingerprint density at radius 1 is 1.03 bits per heavy atom. The van der Waals surface area contributed by atoms with Crippen LogP contribution < -0.4 is 24.8 Å². The van der Waals surface area contributed by atoms with Crippen molar-refractivity contribution in [3.8, 4) is 11.5 Å². The van der Waals surface area contributed by atoms with E-state index in [0.29, 0.717) is 22.5 Å². The van der Waals surface area contributed by atoms with Crippen LogP contribution in [0.15, 0.2) is 60.7 Å². The Balaban J connectivity index is 1.97. The molecule has 3 aromatic rings. The number of anilines is 2. The number of hydrogen-bond donors (Lipinski definition) is 1. The summed E-state index contributed by atoms with van der Waals surface area (Å²) in [5, 5.41) is 15.5. The van der Waals surface area contributed by atoms with Crippen LogP contribution in [0.4, 0.5) is 11.4 Å². The molecule has 0 saturated heterocycles. The van der Waals surface area contributed by atoms with Crippen LogP contribution in [0.25, 0.3) is 0 Å². The lowest BCUT2D eigenvalue weighted by molar-refractivity contribution is -0.255. The third kappa shape index (κ3) is 3.44. The molecule has 1 aliphatic heterocycles. The van der Waals surface area contributed by atoms with E-state index in [0.717, 1.165) is 5.56 Å². The summed E-state index contributed by atoms with van der Waals surface area (Å²) < 4.78 is 10.6. The van der Waals surface area contributed by atoms with Crippen molar-refractivity contribution in [2.45, 2.75) is 13.1 Å². The fourth-order valence-corrected chi connectivity index (χ4v) is 3.90. The molecule has 158 valence electrons. The average Bonchev–Trinajstić information content (AvgIpc) is 2.77. The number of hydrogen-bond acceptors (Lipinski definition) is 6. The predicted octanol–water partition coefficient (Wildman–Crippen LogP) is 3.15. The minimum absolute atomic E-state index is 0.0392. The summed E-state index contributed by atoms with van der Waals surface area (Å²) >= 11 is 0. The molecular weight excluding hydrogens is 396 g/mol. The van der Waals surface area contributed by atoms with E-state index in [9.17, 15) is 14.7 Å². The van der Waals surface area contributed by atoms with Gasteiger partial charge in [-0.3, -0.25) is 9.69 Å². The molecule has 1 N–H and O–H groups in total. The molecule has 0 fully saturated rings. The summed E-state index contributed by atoms with van der Waals surface area (Å²) in [6, 6.07) is 17.8. The van der Waals surface area contributed by atoms with Gasteiger partial charge in [0.25, 0.3) is 5.91 Å². The van der Waals surface area contributed by atoms with Crippen LogP contribution in [-0.4, -0.2) is 26.1 Å². The summed E-state index contributed by atoms with van der Waals surface area (Å²) in [6.45, 7) is 1.93. The van der Waals surface area contributed by atoms with Crippen LogP contribution in [0.1, 0.15) is 38.0 Å². The van der Waals surface area contributed by atoms with E-state index in [1.54, 1.807) is 35.2 Å². The largest absolute Gasteiger partial charge is 0.545 e. The number of amides is 1. The van der Waals surface area contributed by atoms with Crippen molar-refractivity contribution in [3.05, 3.63) is 82.9 Å². The number of nitrogens with zero attached hydrogens (tertiary/aromatic N) is 1. The Morgan fingerprint density at radius 2 is 1.81 bits per heavy atom. The first kappa shape index (κ1) is 20.3. The fraction of sp³-hybridized carbons (Fsp3) is 0.167. The van der Waals surface area contributed by atoms with Gasteiger partial charge in [0, 0.05) is 16.9 Å². The predicted molar refractivity (Wildman–Crippen MR) is 115 cm³/mol. The second-order valence-corrected chi connectivity index (χ2v) is 7.16. The normalized spacial score (nSPS) is 15.1. The van der Waals surface area contributed by atoms with E-state index in [1.165, 1.54) is 14.2 Å². The second-order valence-electron chi connectivity index (χ2n) is 7.16. The van der Waals surface area contributed by atoms with Gasteiger partial charge in [-0.05, 0) is 42.8 Å². The van der Waals surface area contributed by atoms with E-state index in [1.807, 2.05) is 37.3 Å². The molecule has 1 amide bonds. The lowest BCUT2D eigenvalue weighted by Crippen LogP contribution is -2.44. The zero-order valence-corrected chi connectivity index (χ0v) is 17.3. The van der Waals surface area contributed by atoms with Gasteiger partial charge < -0.3 is 24.7 Å². The van der Waals surface area contributed by atoms with E-state index in [4.69, 9.17) is 9.47 Å². The third-order valence-electron chi connectivity index (χ3n) is 5.28. The molecule has 1 aliphatic rings. The number of methoxy groups -OCH3 is 2. The number of para-hydroxylation sites is 1. The minimum Gasteiger partial charge on any atom is -0.545 e. The number of carbonyl (C=O) groups is 2. The number of benzene rings is 3. The Hall–Kier alpha value is -4.00. The summed E-state index contributed by atoms with van der Waals surface area (Å²) in [5.74, 6) is -1.38. The number of carbonyl (C=O) groups excluding carboxylic acids is 2. The first-order chi connectivity index (χ1) is 15.0. The topological polar surface area (TPSA) is 90.9 Å². The third-order valence-corrected chi connectivity index (χ3v) is 5.28. The zero-order valence-electron chi connectivity index (χ0n) is 17.3. The maximum atomic E-state index is 13.5. The van der Waals surface area contributed by atoms with Gasteiger partial charge in [-0.15, -0.1) is 0 Å². The van der Waals surface area contributed by atoms with Gasteiger partial charge in [-0.2, -0.15) is 0 Å². The molecule has 31 heavy (non-hydrogen) atoms. The van der Waals surface area contributed by atoms with Gasteiger partial charge in [-0.25, -0.2) is 0 Å². The molecule has 7 nitrogen and oxygen atoms in total. The zero-order chi connectivity index (χ0) is 22.1. The van der Waals surface area contributed by atoms with Gasteiger partial charge in [0.05, 0.1) is 31.3 Å². The quantitative estimate of drug-likeness (QED) is 0.686. The Labute approximate surface area is 179 Å². The number of aryl methyl sites for hydroxylation is 1. The van der Waals surface area contributed by atoms with Gasteiger partial charge in [0.15, 0.2) is 11.5 Å². The lowest BCUT2D eigenvalue weighted by atomic mass is 9.97. The van der Waals surface area contributed by atoms with Crippen molar-refractivity contribution >= 4 is 23.3 Å². The molecule has 1 atom stereocenters. The molecule has 0 unspecified atom stereocenters. The van der Waals surface area contributed by atoms with E-state index in [-0.39, 0.29) is 23.0 Å². The van der Waals surface area contributed by atoms with E-state index in [2.05, 4.69) is 5.32 Å². The number of aromatic carboxylic acids is 1. The molecular formula is C24H21N2O5-. The first-order valence-corrected chi connectivity index (χ1v) is 9.68. The lowest BCUT2D eigenvalue weighted by Gasteiger charge is -2.39. The van der Waals surface area contributed by atoms with Crippen LogP contribution in [0.3, 0.4) is 0 Å². The summed E-state index contributed by atoms with van der Waals surface area (Å²) in [6.07, 6.45) is -0.808. The molecule has 0 aliphatic carbocycles. The SMILES string of the molecule is COc1ccc([C@@H]2Nc3ccccc3C(=O)N2c2cccc(C)c2)c(C(=O)[O-])c1OC. The van der Waals surface area contributed by atoms with Gasteiger partial charge in [0.2, 0.25) is 0 Å². The molecule has 0 bridgehead atoms. The van der Waals surface area contributed by atoms with E-state index >= 15 is 0 Å². The van der Waals surface area contributed by atoms with E-state index < -0.39 is 12.1 Å². The molecule has 0 saturated carbocycles. The minimum atomic E-state index is -1.43. The Kier molecular flexibility index (Phi) is 5.25. The second kappa shape index (κ2) is 8.02. The maximum absolute atomic E-state index is 13.5. The van der Waals surface area contributed by atoms with Crippen LogP contribution in [0.5, 0.6) is 11.5 Å². The number of carboxylic acid groups (broad SMARTS) is 1. The van der Waals surface area contributed by atoms with Gasteiger partial charge >= 0.3 is 0 Å². The molecule has 3 aromatic carbocycles. The number of nitrogens with one attached hydrogen (secondary N) is 1. The Bertz CT molecular complexity index is 1170. The number of ether oxygens (including phenoxy) is 2. The molecule has 0 radical (unpaired) electrons. The van der Waals surface area contributed by atoms with Crippen molar-refractivity contribution in [1.29, 1.82) is 0 Å². The van der Waals surface area contributed by atoms with Crippen LogP contribution >= 0.6 is 0 Å². The fourth-order valence-electron chi connectivity index (χ4n) is 3.90. The van der Waals surface area contributed by atoms with Crippen molar-refractivity contribution in [2.75, 3.05) is 24.4 Å². The Morgan fingerprint density at radius 3 is 2.48 bits per heavy atom. The van der Waals surface area contributed by atoms with Crippen LogP contribution in [0, 0.1) is 6.92 Å². The molecule has 7 heteroatoms. The average molecular weight is 417 g/mol. The van der Waals surface area contributed by atoms with Crippen molar-refractivity contribution in [2.24, 2.45) is 0 Å². The van der Waals surface area contributed by atoms with Crippen molar-refractivity contribution < 1.29 is 24.2 Å². The monoisotopic (exact) mass is 417 g/mol. The van der Waals surface area contributed by atoms with Crippen molar-refractivity contribution in [1.82, 2.24) is 0 Å². The highest BCUT2D eigenvalue weighted by atomic mass is 16.5. The molecule has 0 spiro atoms. The highest BCUT2D eigenvalue weighted by Crippen LogP contribution is 2.42. The van der Waals surface area contributed by atoms with Crippen LogP contribution in [-0.2, 0) is 0 Å². The molecule has 0 aromatic heterocycles. The summed E-state index contributed by atoms with van der Waals surface area (Å²) in [7, 11) is 2.79. The maximum Gasteiger partial charge on any atom is 0.262 e. The highest BCUT2D eigenvalue weighted by Gasteiger charge is 2.36. The summed E-state index contributed by atoms with van der Waals surface area (Å²) in [5.41, 5.74) is 2.86. The molecule has 1 heterocycles. The van der Waals surface area contributed by atoms with Gasteiger partial charge in [0.1, 0.15) is 6.17 Å². The van der Waals surface area contributed by atoms with Gasteiger partial charge in [-0.1, -0.05) is 30.3 Å². The highest BCUT2D eigenvalue weighted by molar-refractivity contribution is 6.12. The number of fused-ring (bicyclic) bond motifs is 1. The number of carboxylic acids is 1. The van der Waals surface area contributed by atoms with Crippen molar-refractivity contribution in [3.63, 3.8) is 0 Å². The number of rotatable bonds is 5.